The average molecular weight is 436 g/mol. The van der Waals surface area contributed by atoms with Crippen LogP contribution in [-0.4, -0.2) is 41.1 Å². The van der Waals surface area contributed by atoms with Gasteiger partial charge in [-0.1, -0.05) is 12.1 Å². The van der Waals surface area contributed by atoms with E-state index in [4.69, 9.17) is 14.2 Å². The van der Waals surface area contributed by atoms with Crippen molar-refractivity contribution in [3.05, 3.63) is 65.5 Å². The Kier molecular flexibility index (Phi) is 5.75. The van der Waals surface area contributed by atoms with Crippen LogP contribution in [0.1, 0.15) is 21.7 Å². The van der Waals surface area contributed by atoms with Crippen molar-refractivity contribution in [1.82, 2.24) is 15.1 Å². The molecule has 0 saturated carbocycles. The van der Waals surface area contributed by atoms with Crippen molar-refractivity contribution in [3.8, 4) is 17.2 Å². The number of anilines is 1. The monoisotopic (exact) mass is 436 g/mol. The lowest BCUT2D eigenvalue weighted by Crippen LogP contribution is -2.37. The predicted molar refractivity (Wildman–Crippen MR) is 113 cm³/mol. The second kappa shape index (κ2) is 8.80. The van der Waals surface area contributed by atoms with E-state index in [0.717, 1.165) is 11.4 Å². The third-order valence-corrected chi connectivity index (χ3v) is 4.58. The minimum Gasteiger partial charge on any atom is -0.454 e. The topological polar surface area (TPSA) is 121 Å². The molecule has 1 aliphatic rings. The maximum atomic E-state index is 12.6. The summed E-state index contributed by atoms with van der Waals surface area (Å²) in [4.78, 5) is 36.7. The van der Waals surface area contributed by atoms with Crippen molar-refractivity contribution >= 4 is 23.6 Å². The van der Waals surface area contributed by atoms with Gasteiger partial charge in [-0.15, -0.1) is 0 Å². The second-order valence-electron chi connectivity index (χ2n) is 7.00. The van der Waals surface area contributed by atoms with Crippen LogP contribution in [0.3, 0.4) is 0 Å². The molecule has 3 aromatic rings. The fourth-order valence-electron chi connectivity index (χ4n) is 3.21. The van der Waals surface area contributed by atoms with Crippen molar-refractivity contribution in [2.75, 3.05) is 18.7 Å². The van der Waals surface area contributed by atoms with Gasteiger partial charge >= 0.3 is 12.0 Å². The zero-order chi connectivity index (χ0) is 22.7. The Balaban J connectivity index is 1.34. The number of fused-ring (bicyclic) bond motifs is 1. The summed E-state index contributed by atoms with van der Waals surface area (Å²) in [6, 6.07) is 12.7. The fourth-order valence-corrected chi connectivity index (χ4v) is 3.21. The first-order chi connectivity index (χ1) is 15.4. The Morgan fingerprint density at radius 3 is 2.62 bits per heavy atom. The quantitative estimate of drug-likeness (QED) is 0.590. The smallest absolute Gasteiger partial charge is 0.340 e. The average Bonchev–Trinajstić information content (AvgIpc) is 3.36. The van der Waals surface area contributed by atoms with Crippen LogP contribution in [0.5, 0.6) is 11.5 Å². The molecule has 0 fully saturated rings. The zero-order valence-electron chi connectivity index (χ0n) is 17.4. The number of rotatable bonds is 5. The molecule has 2 heterocycles. The number of carbonyl (C=O) groups is 3. The Morgan fingerprint density at radius 1 is 1.06 bits per heavy atom. The van der Waals surface area contributed by atoms with E-state index in [1.807, 2.05) is 19.9 Å². The van der Waals surface area contributed by atoms with E-state index >= 15 is 0 Å². The summed E-state index contributed by atoms with van der Waals surface area (Å²) in [5.41, 5.74) is 2.84. The van der Waals surface area contributed by atoms with Crippen molar-refractivity contribution in [3.63, 3.8) is 0 Å². The van der Waals surface area contributed by atoms with Gasteiger partial charge in [0.2, 0.25) is 6.79 Å². The van der Waals surface area contributed by atoms with Crippen LogP contribution >= 0.6 is 0 Å². The number of nitrogens with one attached hydrogen (secondary N) is 2. The van der Waals surface area contributed by atoms with E-state index < -0.39 is 24.5 Å². The molecule has 0 aliphatic carbocycles. The Hall–Kier alpha value is -4.34. The molecule has 32 heavy (non-hydrogen) atoms. The molecule has 0 spiro atoms. The summed E-state index contributed by atoms with van der Waals surface area (Å²) < 4.78 is 17.2. The molecule has 164 valence electrons. The van der Waals surface area contributed by atoms with Crippen LogP contribution in [0.25, 0.3) is 5.69 Å². The molecule has 1 aromatic heterocycles. The maximum absolute atomic E-state index is 12.6. The molecule has 3 amide bonds. The number of hydrogen-bond acceptors (Lipinski definition) is 7. The molecule has 2 N–H and O–H groups in total. The number of ether oxygens (including phenoxy) is 3. The van der Waals surface area contributed by atoms with Crippen molar-refractivity contribution in [2.24, 2.45) is 0 Å². The Bertz CT molecular complexity index is 1200. The molecule has 0 radical (unpaired) electrons. The minimum atomic E-state index is -0.778. The first-order valence-corrected chi connectivity index (χ1v) is 9.71. The van der Waals surface area contributed by atoms with Crippen molar-refractivity contribution < 1.29 is 28.6 Å². The summed E-state index contributed by atoms with van der Waals surface area (Å²) >= 11 is 0. The number of carbonyl (C=O) groups excluding carboxylic acids is 3. The first kappa shape index (κ1) is 20.9. The van der Waals surface area contributed by atoms with Gasteiger partial charge in [0.05, 0.1) is 16.9 Å². The predicted octanol–water partition coefficient (Wildman–Crippen LogP) is 2.72. The van der Waals surface area contributed by atoms with Gasteiger partial charge in [-0.2, -0.15) is 5.10 Å². The first-order valence-electron chi connectivity index (χ1n) is 9.71. The van der Waals surface area contributed by atoms with E-state index in [2.05, 4.69) is 15.7 Å². The maximum Gasteiger partial charge on any atom is 0.340 e. The normalized spacial score (nSPS) is 11.7. The van der Waals surface area contributed by atoms with Crippen LogP contribution in [0.2, 0.25) is 0 Å². The summed E-state index contributed by atoms with van der Waals surface area (Å²) in [5, 5.41) is 8.99. The lowest BCUT2D eigenvalue weighted by atomic mass is 10.2. The molecular formula is C22H20N4O6. The molecule has 10 heteroatoms. The van der Waals surface area contributed by atoms with Crippen LogP contribution in [-0.2, 0) is 9.53 Å². The zero-order valence-corrected chi connectivity index (χ0v) is 17.4. The lowest BCUT2D eigenvalue weighted by Gasteiger charge is -2.11. The van der Waals surface area contributed by atoms with Gasteiger partial charge in [0.15, 0.2) is 18.1 Å². The SMILES string of the molecule is Cc1cc(C)n(-c2ccccc2C(=O)OCC(=O)NC(=O)Nc2ccc3c(c2)OCO3)n1. The fraction of sp³-hybridized carbons (Fsp3) is 0.182. The number of amides is 3. The van der Waals surface area contributed by atoms with Crippen LogP contribution in [0, 0.1) is 13.8 Å². The number of imide groups is 1. The largest absolute Gasteiger partial charge is 0.454 e. The van der Waals surface area contributed by atoms with Gasteiger partial charge in [-0.25, -0.2) is 14.3 Å². The molecule has 2 aromatic carbocycles. The number of urea groups is 1. The summed E-state index contributed by atoms with van der Waals surface area (Å²) in [7, 11) is 0. The highest BCUT2D eigenvalue weighted by Gasteiger charge is 2.19. The molecular weight excluding hydrogens is 416 g/mol. The molecule has 10 nitrogen and oxygen atoms in total. The lowest BCUT2D eigenvalue weighted by molar-refractivity contribution is -0.123. The number of benzene rings is 2. The standard InChI is InChI=1S/C22H20N4O6/c1-13-9-14(2)26(25-13)17-6-4-3-5-16(17)21(28)30-11-20(27)24-22(29)23-15-7-8-18-19(10-15)32-12-31-18/h3-10H,11-12H2,1-2H3,(H2,23,24,27,29). The van der Waals surface area contributed by atoms with Crippen LogP contribution in [0.4, 0.5) is 10.5 Å². The van der Waals surface area contributed by atoms with E-state index in [-0.39, 0.29) is 12.4 Å². The van der Waals surface area contributed by atoms with E-state index in [1.54, 1.807) is 47.1 Å². The number of hydrogen-bond donors (Lipinski definition) is 2. The number of para-hydroxylation sites is 1. The third kappa shape index (κ3) is 4.53. The Morgan fingerprint density at radius 2 is 1.84 bits per heavy atom. The summed E-state index contributed by atoms with van der Waals surface area (Å²) in [6.45, 7) is 3.20. The third-order valence-electron chi connectivity index (χ3n) is 4.58. The summed E-state index contributed by atoms with van der Waals surface area (Å²) in [6.07, 6.45) is 0. The van der Waals surface area contributed by atoms with Gasteiger partial charge in [0.25, 0.3) is 5.91 Å². The van der Waals surface area contributed by atoms with Gasteiger partial charge in [-0.05, 0) is 44.2 Å². The van der Waals surface area contributed by atoms with Gasteiger partial charge < -0.3 is 19.5 Å². The minimum absolute atomic E-state index is 0.109. The van der Waals surface area contributed by atoms with Crippen molar-refractivity contribution in [2.45, 2.75) is 13.8 Å². The molecule has 4 rings (SSSR count). The highest BCUT2D eigenvalue weighted by atomic mass is 16.7. The van der Waals surface area contributed by atoms with E-state index in [9.17, 15) is 14.4 Å². The van der Waals surface area contributed by atoms with Crippen LogP contribution < -0.4 is 20.1 Å². The van der Waals surface area contributed by atoms with E-state index in [1.165, 1.54) is 0 Å². The number of aryl methyl sites for hydroxylation is 2. The second-order valence-corrected chi connectivity index (χ2v) is 7.00. The molecule has 0 bridgehead atoms. The highest BCUT2D eigenvalue weighted by molar-refractivity contribution is 6.02. The van der Waals surface area contributed by atoms with Crippen molar-refractivity contribution in [1.29, 1.82) is 0 Å². The van der Waals surface area contributed by atoms with Gasteiger partial charge in [0.1, 0.15) is 0 Å². The van der Waals surface area contributed by atoms with Gasteiger partial charge in [-0.3, -0.25) is 10.1 Å². The summed E-state index contributed by atoms with van der Waals surface area (Å²) in [5.74, 6) is -0.427. The van der Waals surface area contributed by atoms with Gasteiger partial charge in [0, 0.05) is 17.4 Å². The Labute approximate surface area is 183 Å². The van der Waals surface area contributed by atoms with E-state index in [0.29, 0.717) is 22.9 Å². The number of nitrogens with zero attached hydrogens (tertiary/aromatic N) is 2. The molecule has 0 unspecified atom stereocenters. The number of esters is 1. The molecule has 1 aliphatic heterocycles. The van der Waals surface area contributed by atoms with Crippen LogP contribution in [0.15, 0.2) is 48.5 Å². The molecule has 0 saturated heterocycles. The number of aromatic nitrogens is 2. The highest BCUT2D eigenvalue weighted by Crippen LogP contribution is 2.34. The molecule has 0 atom stereocenters.